The van der Waals surface area contributed by atoms with Crippen LogP contribution in [-0.4, -0.2) is 54.6 Å². The number of benzene rings is 2. The second-order valence-corrected chi connectivity index (χ2v) is 6.89. The van der Waals surface area contributed by atoms with Crippen LogP contribution in [0.15, 0.2) is 73.3 Å². The van der Waals surface area contributed by atoms with Gasteiger partial charge in [0.25, 0.3) is 5.91 Å². The van der Waals surface area contributed by atoms with Crippen LogP contribution in [-0.2, 0) is 22.5 Å². The van der Waals surface area contributed by atoms with Crippen LogP contribution < -0.4 is 0 Å². The lowest BCUT2D eigenvalue weighted by atomic mass is 10.1. The first-order valence-corrected chi connectivity index (χ1v) is 9.58. The molecule has 1 aliphatic heterocycles. The first-order valence-electron chi connectivity index (χ1n) is 9.58. The Balaban J connectivity index is 1.58. The van der Waals surface area contributed by atoms with Crippen LogP contribution in [0.3, 0.4) is 0 Å². The molecule has 1 heterocycles. The third-order valence-electron chi connectivity index (χ3n) is 4.85. The van der Waals surface area contributed by atoms with Crippen molar-refractivity contribution in [3.05, 3.63) is 84.4 Å². The minimum Gasteiger partial charge on any atom is -0.366 e. The molecular weight excluding hydrogens is 336 g/mol. The van der Waals surface area contributed by atoms with E-state index in [1.807, 2.05) is 41.3 Å². The maximum absolute atomic E-state index is 13.0. The van der Waals surface area contributed by atoms with E-state index >= 15 is 0 Å². The quantitative estimate of drug-likeness (QED) is 0.675. The van der Waals surface area contributed by atoms with Crippen LogP contribution in [0.2, 0.25) is 0 Å². The molecule has 1 amide bonds. The molecule has 1 atom stereocenters. The summed E-state index contributed by atoms with van der Waals surface area (Å²) < 4.78 is 5.82. The van der Waals surface area contributed by atoms with E-state index in [0.29, 0.717) is 26.2 Å². The molecule has 3 rings (SSSR count). The maximum atomic E-state index is 13.0. The van der Waals surface area contributed by atoms with E-state index in [2.05, 4.69) is 35.7 Å². The van der Waals surface area contributed by atoms with Gasteiger partial charge in [-0.2, -0.15) is 0 Å². The van der Waals surface area contributed by atoms with Crippen LogP contribution in [0.1, 0.15) is 11.1 Å². The maximum Gasteiger partial charge on any atom is 0.253 e. The van der Waals surface area contributed by atoms with Crippen molar-refractivity contribution in [1.29, 1.82) is 0 Å². The van der Waals surface area contributed by atoms with E-state index in [4.69, 9.17) is 4.74 Å². The van der Waals surface area contributed by atoms with Gasteiger partial charge >= 0.3 is 0 Å². The highest BCUT2D eigenvalue weighted by atomic mass is 16.5. The molecule has 0 saturated carbocycles. The molecule has 27 heavy (non-hydrogen) atoms. The Morgan fingerprint density at radius 3 is 2.44 bits per heavy atom. The number of morpholine rings is 1. The summed E-state index contributed by atoms with van der Waals surface area (Å²) in [4.78, 5) is 17.2. The van der Waals surface area contributed by atoms with Gasteiger partial charge in [-0.05, 0) is 17.5 Å². The molecule has 0 radical (unpaired) electrons. The van der Waals surface area contributed by atoms with Crippen molar-refractivity contribution in [2.45, 2.75) is 19.1 Å². The summed E-state index contributed by atoms with van der Waals surface area (Å²) in [5.74, 6) is 0.0589. The van der Waals surface area contributed by atoms with Gasteiger partial charge in [0.15, 0.2) is 0 Å². The van der Waals surface area contributed by atoms with E-state index in [9.17, 15) is 4.79 Å². The van der Waals surface area contributed by atoms with E-state index < -0.39 is 6.10 Å². The monoisotopic (exact) mass is 364 g/mol. The summed E-state index contributed by atoms with van der Waals surface area (Å²) in [5.41, 5.74) is 2.49. The van der Waals surface area contributed by atoms with Crippen molar-refractivity contribution >= 4 is 5.91 Å². The summed E-state index contributed by atoms with van der Waals surface area (Å²) >= 11 is 0. The molecule has 0 bridgehead atoms. The minimum atomic E-state index is -0.404. The molecule has 1 saturated heterocycles. The molecule has 4 heteroatoms. The highest BCUT2D eigenvalue weighted by Crippen LogP contribution is 2.13. The molecule has 0 aliphatic carbocycles. The van der Waals surface area contributed by atoms with Gasteiger partial charge < -0.3 is 9.64 Å². The first kappa shape index (κ1) is 19.3. The predicted octanol–water partition coefficient (Wildman–Crippen LogP) is 3.14. The topological polar surface area (TPSA) is 32.8 Å². The molecule has 0 aromatic heterocycles. The Bertz CT molecular complexity index is 718. The Hall–Kier alpha value is -2.43. The normalized spacial score (nSPS) is 17.4. The van der Waals surface area contributed by atoms with Crippen LogP contribution in [0.5, 0.6) is 0 Å². The van der Waals surface area contributed by atoms with Gasteiger partial charge in [0, 0.05) is 32.7 Å². The predicted molar refractivity (Wildman–Crippen MR) is 108 cm³/mol. The van der Waals surface area contributed by atoms with E-state index in [1.54, 1.807) is 6.08 Å². The van der Waals surface area contributed by atoms with Crippen LogP contribution in [0.25, 0.3) is 0 Å². The lowest BCUT2D eigenvalue weighted by Gasteiger charge is -2.35. The zero-order valence-electron chi connectivity index (χ0n) is 15.8. The zero-order valence-corrected chi connectivity index (χ0v) is 15.8. The summed E-state index contributed by atoms with van der Waals surface area (Å²) in [7, 11) is 0. The number of hydrogen-bond donors (Lipinski definition) is 0. The van der Waals surface area contributed by atoms with Crippen molar-refractivity contribution in [3.63, 3.8) is 0 Å². The standard InChI is InChI=1S/C23H28N2O2/c1-2-14-25(15-13-20-9-5-3-6-10-20)23(26)22-19-24(16-17-27-22)18-21-11-7-4-8-12-21/h2-12,22H,1,13-19H2. The fourth-order valence-electron chi connectivity index (χ4n) is 3.40. The Labute approximate surface area is 162 Å². The van der Waals surface area contributed by atoms with Crippen molar-refractivity contribution in [2.24, 2.45) is 0 Å². The largest absolute Gasteiger partial charge is 0.366 e. The SMILES string of the molecule is C=CCN(CCc1ccccc1)C(=O)C1CN(Cc2ccccc2)CCO1. The highest BCUT2D eigenvalue weighted by Gasteiger charge is 2.29. The molecule has 0 N–H and O–H groups in total. The van der Waals surface area contributed by atoms with Crippen molar-refractivity contribution in [3.8, 4) is 0 Å². The molecule has 2 aromatic rings. The molecule has 0 spiro atoms. The average molecular weight is 364 g/mol. The lowest BCUT2D eigenvalue weighted by molar-refractivity contribution is -0.149. The van der Waals surface area contributed by atoms with Gasteiger partial charge in [-0.25, -0.2) is 0 Å². The Morgan fingerprint density at radius 2 is 1.78 bits per heavy atom. The molecule has 1 unspecified atom stereocenters. The van der Waals surface area contributed by atoms with E-state index in [1.165, 1.54) is 11.1 Å². The summed E-state index contributed by atoms with van der Waals surface area (Å²) in [6, 6.07) is 20.6. The summed E-state index contributed by atoms with van der Waals surface area (Å²) in [6.07, 6.45) is 2.21. The third kappa shape index (κ3) is 5.78. The molecular formula is C23H28N2O2. The number of carbonyl (C=O) groups is 1. The van der Waals surface area contributed by atoms with Gasteiger partial charge in [-0.1, -0.05) is 66.7 Å². The Kier molecular flexibility index (Phi) is 7.19. The average Bonchev–Trinajstić information content (AvgIpc) is 2.72. The third-order valence-corrected chi connectivity index (χ3v) is 4.85. The minimum absolute atomic E-state index is 0.0589. The number of rotatable bonds is 8. The number of ether oxygens (including phenoxy) is 1. The number of hydrogen-bond acceptors (Lipinski definition) is 3. The highest BCUT2D eigenvalue weighted by molar-refractivity contribution is 5.81. The smallest absolute Gasteiger partial charge is 0.253 e. The van der Waals surface area contributed by atoms with Crippen molar-refractivity contribution in [2.75, 3.05) is 32.8 Å². The van der Waals surface area contributed by atoms with Gasteiger partial charge in [0.1, 0.15) is 6.10 Å². The summed E-state index contributed by atoms with van der Waals surface area (Å²) in [6.45, 7) is 7.95. The fraction of sp³-hybridized carbons (Fsp3) is 0.348. The van der Waals surface area contributed by atoms with Crippen LogP contribution in [0, 0.1) is 0 Å². The number of amides is 1. The number of carbonyl (C=O) groups excluding carboxylic acids is 1. The van der Waals surface area contributed by atoms with Crippen LogP contribution in [0.4, 0.5) is 0 Å². The fourth-order valence-corrected chi connectivity index (χ4v) is 3.40. The van der Waals surface area contributed by atoms with Crippen molar-refractivity contribution < 1.29 is 9.53 Å². The van der Waals surface area contributed by atoms with Crippen LogP contribution >= 0.6 is 0 Å². The second kappa shape index (κ2) is 10.0. The first-order chi connectivity index (χ1) is 13.3. The van der Waals surface area contributed by atoms with Gasteiger partial charge in [-0.3, -0.25) is 9.69 Å². The van der Waals surface area contributed by atoms with Crippen molar-refractivity contribution in [1.82, 2.24) is 9.80 Å². The lowest BCUT2D eigenvalue weighted by Crippen LogP contribution is -2.51. The molecule has 142 valence electrons. The van der Waals surface area contributed by atoms with Gasteiger partial charge in [0.2, 0.25) is 0 Å². The second-order valence-electron chi connectivity index (χ2n) is 6.89. The van der Waals surface area contributed by atoms with E-state index in [-0.39, 0.29) is 5.91 Å². The Morgan fingerprint density at radius 1 is 1.11 bits per heavy atom. The zero-order chi connectivity index (χ0) is 18.9. The van der Waals surface area contributed by atoms with Gasteiger partial charge in [-0.15, -0.1) is 6.58 Å². The molecule has 1 fully saturated rings. The number of nitrogens with zero attached hydrogens (tertiary/aromatic N) is 2. The molecule has 1 aliphatic rings. The molecule has 4 nitrogen and oxygen atoms in total. The molecule has 2 aromatic carbocycles. The van der Waals surface area contributed by atoms with E-state index in [0.717, 1.165) is 19.5 Å². The van der Waals surface area contributed by atoms with Gasteiger partial charge in [0.05, 0.1) is 6.61 Å². The summed E-state index contributed by atoms with van der Waals surface area (Å²) in [5, 5.41) is 0.